The lowest BCUT2D eigenvalue weighted by Crippen LogP contribution is -2.38. The number of hydrogen-bond acceptors (Lipinski definition) is 14. The van der Waals surface area contributed by atoms with Gasteiger partial charge in [0.05, 0.1) is 63.9 Å². The van der Waals surface area contributed by atoms with Gasteiger partial charge in [-0.05, 0) is 51.1 Å². The molecule has 0 radical (unpaired) electrons. The van der Waals surface area contributed by atoms with Crippen molar-refractivity contribution in [2.45, 2.75) is 87.9 Å². The van der Waals surface area contributed by atoms with E-state index < -0.39 is 0 Å². The third-order valence-electron chi connectivity index (χ3n) is 10.4. The fourth-order valence-corrected chi connectivity index (χ4v) is 9.05. The Balaban J connectivity index is 0.782. The topological polar surface area (TPSA) is 191 Å². The number of urea groups is 1. The monoisotopic (exact) mass is 781 g/mol. The summed E-state index contributed by atoms with van der Waals surface area (Å²) < 4.78 is 25.0. The first-order chi connectivity index (χ1) is 27.0. The summed E-state index contributed by atoms with van der Waals surface area (Å²) in [6.45, 7) is 6.85. The summed E-state index contributed by atoms with van der Waals surface area (Å²) in [6, 6.07) is 4.58. The lowest BCUT2D eigenvalue weighted by atomic mass is 10.0. The largest absolute Gasteiger partial charge is 0.493 e. The second-order valence-electron chi connectivity index (χ2n) is 14.5. The van der Waals surface area contributed by atoms with Crippen molar-refractivity contribution in [1.82, 2.24) is 46.2 Å². The molecule has 5 N–H and O–H groups in total. The number of anilines is 2. The smallest absolute Gasteiger partial charge is 0.315 e. The SMILES string of the molecule is COc1cc2c(N[C@@H]3CCCNC3)nc(N3CCCC3)nc2cc1OCc1cn(CCOCCOCCNC(=O)CCCC[C@@H]2SC[C@@H]3NC(=O)N[C@@H]32)nn1. The third-order valence-corrected chi connectivity index (χ3v) is 12.0. The Kier molecular flexibility index (Phi) is 14.0. The van der Waals surface area contributed by atoms with Crippen LogP contribution in [0.15, 0.2) is 18.3 Å². The minimum absolute atomic E-state index is 0.0389. The lowest BCUT2D eigenvalue weighted by Gasteiger charge is -2.26. The van der Waals surface area contributed by atoms with Crippen LogP contribution in [0, 0.1) is 0 Å². The Hall–Kier alpha value is -4.13. The van der Waals surface area contributed by atoms with E-state index in [1.54, 1.807) is 11.8 Å². The van der Waals surface area contributed by atoms with Crippen LogP contribution in [0.1, 0.15) is 57.1 Å². The Bertz CT molecular complexity index is 1720. The molecule has 7 rings (SSSR count). The Morgan fingerprint density at radius 3 is 2.75 bits per heavy atom. The molecule has 4 atom stereocenters. The Morgan fingerprint density at radius 1 is 1.04 bits per heavy atom. The number of nitrogens with one attached hydrogen (secondary N) is 5. The average Bonchev–Trinajstić information content (AvgIpc) is 4.02. The minimum Gasteiger partial charge on any atom is -0.493 e. The van der Waals surface area contributed by atoms with Crippen LogP contribution >= 0.6 is 11.8 Å². The van der Waals surface area contributed by atoms with Crippen molar-refractivity contribution in [2.24, 2.45) is 0 Å². The summed E-state index contributed by atoms with van der Waals surface area (Å²) in [5.41, 5.74) is 1.48. The first-order valence-corrected chi connectivity index (χ1v) is 20.8. The average molecular weight is 782 g/mol. The fourth-order valence-electron chi connectivity index (χ4n) is 7.50. The van der Waals surface area contributed by atoms with Crippen molar-refractivity contribution in [3.8, 4) is 11.5 Å². The zero-order chi connectivity index (χ0) is 37.8. The molecule has 4 aliphatic rings. The van der Waals surface area contributed by atoms with Crippen molar-refractivity contribution in [1.29, 1.82) is 0 Å². The molecule has 18 heteroatoms. The summed E-state index contributed by atoms with van der Waals surface area (Å²) in [5, 5.41) is 25.9. The highest BCUT2D eigenvalue weighted by molar-refractivity contribution is 8.00. The van der Waals surface area contributed by atoms with Crippen molar-refractivity contribution in [3.63, 3.8) is 0 Å². The van der Waals surface area contributed by atoms with Crippen molar-refractivity contribution >= 4 is 46.4 Å². The predicted molar refractivity (Wildman–Crippen MR) is 210 cm³/mol. The van der Waals surface area contributed by atoms with Gasteiger partial charge in [0.15, 0.2) is 11.5 Å². The minimum atomic E-state index is -0.0611. The van der Waals surface area contributed by atoms with Crippen molar-refractivity contribution in [3.05, 3.63) is 24.0 Å². The molecule has 4 saturated heterocycles. The van der Waals surface area contributed by atoms with Crippen molar-refractivity contribution in [2.75, 3.05) is 82.2 Å². The van der Waals surface area contributed by atoms with E-state index in [2.05, 4.69) is 41.8 Å². The number of rotatable bonds is 21. The number of carbonyl (C=O) groups excluding carboxylic acids is 2. The number of benzene rings is 1. The standard InChI is InChI=1S/C37H55N11O6S/c1-51-30-19-27-28(41-36(47-12-4-5-13-47)44-35(27)40-25-7-6-10-38-21-25)20-31(30)54-23-26-22-48(46-45-26)14-16-53-18-17-52-15-11-39-33(49)9-3-2-8-32-34-29(24-55-32)42-37(50)43-34/h19-20,22,25,29,32,34,38H,2-18,21,23-24H2,1H3,(H,39,49)(H,40,41,44)(H2,42,43,50)/t25-,29+,32+,34+/m1/s1. The maximum atomic E-state index is 12.2. The normalized spacial score (nSPS) is 22.1. The first kappa shape index (κ1) is 39.1. The molecular weight excluding hydrogens is 727 g/mol. The van der Waals surface area contributed by atoms with Gasteiger partial charge >= 0.3 is 6.03 Å². The summed E-state index contributed by atoms with van der Waals surface area (Å²) >= 11 is 1.90. The van der Waals surface area contributed by atoms with Gasteiger partial charge in [-0.15, -0.1) is 5.10 Å². The maximum Gasteiger partial charge on any atom is 0.315 e. The molecule has 1 aromatic carbocycles. The second kappa shape index (κ2) is 19.6. The van der Waals surface area contributed by atoms with Gasteiger partial charge in [0.2, 0.25) is 11.9 Å². The van der Waals surface area contributed by atoms with Crippen LogP contribution in [0.25, 0.3) is 10.9 Å². The molecule has 6 heterocycles. The summed E-state index contributed by atoms with van der Waals surface area (Å²) in [5.74, 6) is 3.74. The number of thioether (sulfide) groups is 1. The molecule has 17 nitrogen and oxygen atoms in total. The van der Waals surface area contributed by atoms with E-state index in [-0.39, 0.29) is 30.6 Å². The first-order valence-electron chi connectivity index (χ1n) is 19.8. The van der Waals surface area contributed by atoms with E-state index in [0.29, 0.717) is 74.4 Å². The van der Waals surface area contributed by atoms with Gasteiger partial charge in [-0.1, -0.05) is 11.6 Å². The van der Waals surface area contributed by atoms with Crippen LogP contribution in [-0.4, -0.2) is 132 Å². The second-order valence-corrected chi connectivity index (χ2v) is 15.8. The molecule has 0 saturated carbocycles. The number of hydrogen-bond donors (Lipinski definition) is 5. The van der Waals surface area contributed by atoms with E-state index in [9.17, 15) is 9.59 Å². The zero-order valence-corrected chi connectivity index (χ0v) is 32.5. The summed E-state index contributed by atoms with van der Waals surface area (Å²) in [6.07, 6.45) is 9.66. The number of unbranched alkanes of at least 4 members (excludes halogenated alkanes) is 1. The molecule has 2 aromatic heterocycles. The van der Waals surface area contributed by atoms with Crippen molar-refractivity contribution < 1.29 is 28.5 Å². The maximum absolute atomic E-state index is 12.2. The number of piperidine rings is 1. The van der Waals surface area contributed by atoms with Crippen LogP contribution in [0.4, 0.5) is 16.6 Å². The molecule has 0 bridgehead atoms. The Morgan fingerprint density at radius 2 is 1.91 bits per heavy atom. The molecule has 0 aliphatic carbocycles. The van der Waals surface area contributed by atoms with E-state index in [1.807, 2.05) is 30.1 Å². The quantitative estimate of drug-likeness (QED) is 0.0783. The molecule has 4 fully saturated rings. The number of carbonyl (C=O) groups is 2. The molecule has 3 amide bonds. The zero-order valence-electron chi connectivity index (χ0n) is 31.7. The number of amides is 3. The molecule has 4 aliphatic heterocycles. The van der Waals surface area contributed by atoms with Gasteiger partial charge in [0, 0.05) is 61.1 Å². The van der Waals surface area contributed by atoms with Crippen LogP contribution in [0.5, 0.6) is 11.5 Å². The van der Waals surface area contributed by atoms with Gasteiger partial charge in [0.25, 0.3) is 0 Å². The van der Waals surface area contributed by atoms with Gasteiger partial charge in [-0.25, -0.2) is 14.5 Å². The fraction of sp³-hybridized carbons (Fsp3) is 0.676. The number of aromatic nitrogens is 5. The molecule has 55 heavy (non-hydrogen) atoms. The number of ether oxygens (including phenoxy) is 4. The third kappa shape index (κ3) is 10.8. The van der Waals surface area contributed by atoms with E-state index in [1.165, 1.54) is 0 Å². The van der Waals surface area contributed by atoms with Crippen LogP contribution in [-0.2, 0) is 27.4 Å². The Labute approximate surface area is 326 Å². The lowest BCUT2D eigenvalue weighted by molar-refractivity contribution is -0.121. The highest BCUT2D eigenvalue weighted by Crippen LogP contribution is 2.37. The molecule has 3 aromatic rings. The molecule has 0 unspecified atom stereocenters. The molecule has 300 valence electrons. The van der Waals surface area contributed by atoms with Crippen LogP contribution in [0.3, 0.4) is 0 Å². The molecule has 0 spiro atoms. The van der Waals surface area contributed by atoms with Crippen LogP contribution < -0.4 is 41.0 Å². The van der Waals surface area contributed by atoms with Gasteiger partial charge in [-0.2, -0.15) is 16.7 Å². The van der Waals surface area contributed by atoms with E-state index in [4.69, 9.17) is 28.9 Å². The summed E-state index contributed by atoms with van der Waals surface area (Å²) in [7, 11) is 1.64. The van der Waals surface area contributed by atoms with E-state index >= 15 is 0 Å². The molecular formula is C37H55N11O6S. The number of fused-ring (bicyclic) bond motifs is 2. The van der Waals surface area contributed by atoms with Gasteiger partial charge in [-0.3, -0.25) is 4.79 Å². The van der Waals surface area contributed by atoms with Gasteiger partial charge in [0.1, 0.15) is 18.1 Å². The van der Waals surface area contributed by atoms with Crippen LogP contribution in [0.2, 0.25) is 0 Å². The van der Waals surface area contributed by atoms with E-state index in [0.717, 1.165) is 99.5 Å². The highest BCUT2D eigenvalue weighted by atomic mass is 32.2. The predicted octanol–water partition coefficient (Wildman–Crippen LogP) is 2.45. The number of nitrogens with zero attached hydrogens (tertiary/aromatic N) is 6. The van der Waals surface area contributed by atoms with Gasteiger partial charge < -0.3 is 50.4 Å². The number of methoxy groups -OCH3 is 1. The summed E-state index contributed by atoms with van der Waals surface area (Å²) in [4.78, 5) is 35.9. The highest BCUT2D eigenvalue weighted by Gasteiger charge is 2.42.